The lowest BCUT2D eigenvalue weighted by molar-refractivity contribution is -0.112. The molecule has 5 nitrogen and oxygen atoms in total. The first kappa shape index (κ1) is 20.7. The van der Waals surface area contributed by atoms with Crippen molar-refractivity contribution in [2.75, 3.05) is 7.11 Å². The van der Waals surface area contributed by atoms with Crippen molar-refractivity contribution in [3.05, 3.63) is 35.4 Å². The van der Waals surface area contributed by atoms with E-state index in [9.17, 15) is 15.0 Å². The van der Waals surface area contributed by atoms with Crippen molar-refractivity contribution in [1.29, 1.82) is 0 Å². The molecule has 1 aromatic rings. The second-order valence-electron chi connectivity index (χ2n) is 9.07. The van der Waals surface area contributed by atoms with E-state index >= 15 is 0 Å². The number of allylic oxidation sites excluding steroid dienone is 1. The van der Waals surface area contributed by atoms with Gasteiger partial charge in [0, 0.05) is 12.3 Å². The molecule has 0 spiro atoms. The second kappa shape index (κ2) is 7.43. The second-order valence-corrected chi connectivity index (χ2v) is 9.07. The topological polar surface area (TPSA) is 76.0 Å². The van der Waals surface area contributed by atoms with Crippen LogP contribution < -0.4 is 4.74 Å². The lowest BCUT2D eigenvalue weighted by Gasteiger charge is -2.43. The largest absolute Gasteiger partial charge is 0.504 e. The van der Waals surface area contributed by atoms with Crippen molar-refractivity contribution in [2.45, 2.75) is 65.1 Å². The smallest absolute Gasteiger partial charge is 0.338 e. The van der Waals surface area contributed by atoms with Gasteiger partial charge in [0.1, 0.15) is 6.10 Å². The van der Waals surface area contributed by atoms with Crippen LogP contribution in [0.1, 0.15) is 63.7 Å². The number of hydrogen-bond donors (Lipinski definition) is 2. The van der Waals surface area contributed by atoms with Crippen molar-refractivity contribution in [3.63, 3.8) is 0 Å². The molecule has 154 valence electrons. The first-order valence-electron chi connectivity index (χ1n) is 10.1. The van der Waals surface area contributed by atoms with Gasteiger partial charge < -0.3 is 19.7 Å². The Hall–Kier alpha value is -2.01. The predicted octanol–water partition coefficient (Wildman–Crippen LogP) is 4.47. The van der Waals surface area contributed by atoms with Gasteiger partial charge in [-0.2, -0.15) is 0 Å². The first-order chi connectivity index (χ1) is 13.1. The van der Waals surface area contributed by atoms with Crippen LogP contribution in [0.3, 0.4) is 0 Å². The zero-order valence-electron chi connectivity index (χ0n) is 17.5. The maximum atomic E-state index is 12.9. The Morgan fingerprint density at radius 2 is 2.00 bits per heavy atom. The monoisotopic (exact) mass is 388 g/mol. The highest BCUT2D eigenvalue weighted by Crippen LogP contribution is 2.58. The zero-order chi connectivity index (χ0) is 20.7. The molecule has 0 heterocycles. The van der Waals surface area contributed by atoms with Crippen molar-refractivity contribution < 1.29 is 24.5 Å². The third-order valence-corrected chi connectivity index (χ3v) is 6.87. The highest BCUT2D eigenvalue weighted by Gasteiger charge is 2.59. The van der Waals surface area contributed by atoms with Crippen LogP contribution in [0.2, 0.25) is 0 Å². The Kier molecular flexibility index (Phi) is 5.50. The van der Waals surface area contributed by atoms with E-state index in [0.29, 0.717) is 12.2 Å². The summed E-state index contributed by atoms with van der Waals surface area (Å²) in [5, 5.41) is 21.5. The van der Waals surface area contributed by atoms with Crippen LogP contribution in [-0.2, 0) is 4.74 Å². The van der Waals surface area contributed by atoms with Crippen LogP contribution in [0.15, 0.2) is 29.8 Å². The van der Waals surface area contributed by atoms with Gasteiger partial charge in [0.2, 0.25) is 0 Å². The molecular formula is C23H32O5. The summed E-state index contributed by atoms with van der Waals surface area (Å²) in [5.74, 6) is -0.341. The summed E-state index contributed by atoms with van der Waals surface area (Å²) in [5.41, 5.74) is 0.485. The van der Waals surface area contributed by atoms with Crippen LogP contribution in [0.5, 0.6) is 11.5 Å². The van der Waals surface area contributed by atoms with Gasteiger partial charge in [-0.1, -0.05) is 32.4 Å². The van der Waals surface area contributed by atoms with Gasteiger partial charge in [0.05, 0.1) is 18.3 Å². The molecular weight excluding hydrogens is 356 g/mol. The number of benzene rings is 1. The van der Waals surface area contributed by atoms with Crippen molar-refractivity contribution in [3.8, 4) is 11.5 Å². The standard InChI is InChI=1S/C23H32O5/c1-14(2)23(26)11-10-22(4)9-8-15(3)12-19(20(22)23)28-21(25)16-6-7-18(27-5)17(24)13-16/h6-8,13-14,19-20,24,26H,9-12H2,1-5H3. The molecule has 4 unspecified atom stereocenters. The van der Waals surface area contributed by atoms with Crippen LogP contribution in [0, 0.1) is 17.3 Å². The quantitative estimate of drug-likeness (QED) is 0.588. The van der Waals surface area contributed by atoms with Gasteiger partial charge in [-0.25, -0.2) is 4.79 Å². The number of fused-ring (bicyclic) bond motifs is 1. The van der Waals surface area contributed by atoms with Crippen molar-refractivity contribution >= 4 is 5.97 Å². The summed E-state index contributed by atoms with van der Waals surface area (Å²) in [6.07, 6.45) is 4.95. The highest BCUT2D eigenvalue weighted by atomic mass is 16.5. The van der Waals surface area contributed by atoms with Gasteiger partial charge >= 0.3 is 5.97 Å². The lowest BCUT2D eigenvalue weighted by Crippen LogP contribution is -2.50. The number of esters is 1. The number of phenols is 1. The Bertz CT molecular complexity index is 783. The Morgan fingerprint density at radius 3 is 2.61 bits per heavy atom. The number of carbonyl (C=O) groups excluding carboxylic acids is 1. The molecule has 2 aliphatic carbocycles. The molecule has 1 fully saturated rings. The van der Waals surface area contributed by atoms with Gasteiger partial charge in [0.15, 0.2) is 11.5 Å². The average Bonchev–Trinajstić information content (AvgIpc) is 2.84. The SMILES string of the molecule is COc1ccc(C(=O)OC2CC(C)=CCC3(C)CCC(O)(C(C)C)C23)cc1O. The molecule has 0 radical (unpaired) electrons. The Morgan fingerprint density at radius 1 is 1.29 bits per heavy atom. The number of rotatable bonds is 4. The van der Waals surface area contributed by atoms with Crippen molar-refractivity contribution in [1.82, 2.24) is 0 Å². The van der Waals surface area contributed by atoms with Gasteiger partial charge in [-0.05, 0) is 55.7 Å². The van der Waals surface area contributed by atoms with E-state index < -0.39 is 17.7 Å². The molecule has 1 saturated carbocycles. The Labute approximate surface area is 167 Å². The van der Waals surface area contributed by atoms with E-state index in [1.54, 1.807) is 12.1 Å². The molecule has 0 aromatic heterocycles. The maximum Gasteiger partial charge on any atom is 0.338 e. The molecule has 2 aliphatic rings. The van der Waals surface area contributed by atoms with Crippen LogP contribution >= 0.6 is 0 Å². The number of hydrogen-bond acceptors (Lipinski definition) is 5. The molecule has 0 saturated heterocycles. The zero-order valence-corrected chi connectivity index (χ0v) is 17.5. The average molecular weight is 389 g/mol. The first-order valence-corrected chi connectivity index (χ1v) is 10.1. The number of ether oxygens (including phenoxy) is 2. The summed E-state index contributed by atoms with van der Waals surface area (Å²) < 4.78 is 11.0. The summed E-state index contributed by atoms with van der Waals surface area (Å²) in [4.78, 5) is 12.9. The summed E-state index contributed by atoms with van der Waals surface area (Å²) >= 11 is 0. The summed E-state index contributed by atoms with van der Waals surface area (Å²) in [6.45, 7) is 8.33. The van der Waals surface area contributed by atoms with Gasteiger partial charge in [-0.15, -0.1) is 0 Å². The molecule has 2 N–H and O–H groups in total. The normalized spacial score (nSPS) is 32.5. The predicted molar refractivity (Wildman–Crippen MR) is 107 cm³/mol. The lowest BCUT2D eigenvalue weighted by atomic mass is 9.67. The number of carbonyl (C=O) groups is 1. The van der Waals surface area contributed by atoms with E-state index in [0.717, 1.165) is 19.3 Å². The van der Waals surface area contributed by atoms with Crippen molar-refractivity contribution in [2.24, 2.45) is 17.3 Å². The molecule has 28 heavy (non-hydrogen) atoms. The third-order valence-electron chi connectivity index (χ3n) is 6.87. The molecule has 0 amide bonds. The fourth-order valence-electron chi connectivity index (χ4n) is 5.11. The molecule has 5 heteroatoms. The van der Waals surface area contributed by atoms with Gasteiger partial charge in [-0.3, -0.25) is 0 Å². The molecule has 4 atom stereocenters. The van der Waals surface area contributed by atoms with Crippen LogP contribution in [-0.4, -0.2) is 35.0 Å². The van der Waals surface area contributed by atoms with E-state index in [1.807, 2.05) is 13.8 Å². The summed E-state index contributed by atoms with van der Waals surface area (Å²) in [7, 11) is 1.46. The van der Waals surface area contributed by atoms with Gasteiger partial charge in [0.25, 0.3) is 0 Å². The van der Waals surface area contributed by atoms with E-state index in [4.69, 9.17) is 9.47 Å². The minimum absolute atomic E-state index is 0.0731. The number of aromatic hydroxyl groups is 1. The fourth-order valence-corrected chi connectivity index (χ4v) is 5.11. The molecule has 0 aliphatic heterocycles. The van der Waals surface area contributed by atoms with E-state index in [2.05, 4.69) is 19.9 Å². The molecule has 1 aromatic carbocycles. The van der Waals surface area contributed by atoms with Crippen LogP contribution in [0.4, 0.5) is 0 Å². The minimum Gasteiger partial charge on any atom is -0.504 e. The number of methoxy groups -OCH3 is 1. The Balaban J connectivity index is 1.92. The number of aliphatic hydroxyl groups is 1. The molecule has 3 rings (SSSR count). The third kappa shape index (κ3) is 3.52. The highest BCUT2D eigenvalue weighted by molar-refractivity contribution is 5.90. The molecule has 0 bridgehead atoms. The summed E-state index contributed by atoms with van der Waals surface area (Å²) in [6, 6.07) is 4.50. The van der Waals surface area contributed by atoms with Crippen LogP contribution in [0.25, 0.3) is 0 Å². The van der Waals surface area contributed by atoms with E-state index in [-0.39, 0.29) is 28.6 Å². The number of phenolic OH excluding ortho intramolecular Hbond substituents is 1. The fraction of sp³-hybridized carbons (Fsp3) is 0.609. The minimum atomic E-state index is -0.861. The van der Waals surface area contributed by atoms with E-state index in [1.165, 1.54) is 18.7 Å². The maximum absolute atomic E-state index is 12.9.